The molecule has 1 aromatic carbocycles. The molecule has 1 aromatic heterocycles. The number of aryl methyl sites for hydroxylation is 1. The highest BCUT2D eigenvalue weighted by molar-refractivity contribution is 7.12. The molecule has 0 saturated heterocycles. The number of carbonyl (C=O) groups is 1. The van der Waals surface area contributed by atoms with E-state index in [-0.39, 0.29) is 5.97 Å². The van der Waals surface area contributed by atoms with Gasteiger partial charge >= 0.3 is 5.97 Å². The van der Waals surface area contributed by atoms with E-state index in [9.17, 15) is 4.79 Å². The first-order valence-electron chi connectivity index (χ1n) is 8.29. The second-order valence-electron chi connectivity index (χ2n) is 5.82. The molecule has 0 saturated carbocycles. The van der Waals surface area contributed by atoms with E-state index in [1.807, 2.05) is 6.92 Å². The first kappa shape index (κ1) is 16.2. The molecule has 0 N–H and O–H groups in total. The quantitative estimate of drug-likeness (QED) is 0.775. The Balaban J connectivity index is 1.80. The largest absolute Gasteiger partial charge is 0.462 e. The lowest BCUT2D eigenvalue weighted by atomic mass is 10.0. The summed E-state index contributed by atoms with van der Waals surface area (Å²) in [5.74, 6) is -0.140. The molecule has 1 aliphatic rings. The Morgan fingerprint density at radius 3 is 2.74 bits per heavy atom. The van der Waals surface area contributed by atoms with Crippen LogP contribution < -0.4 is 0 Å². The molecule has 23 heavy (non-hydrogen) atoms. The minimum Gasteiger partial charge on any atom is -0.462 e. The van der Waals surface area contributed by atoms with E-state index in [1.54, 1.807) is 11.3 Å². The maximum Gasteiger partial charge on any atom is 0.339 e. The van der Waals surface area contributed by atoms with E-state index in [2.05, 4.69) is 42.2 Å². The van der Waals surface area contributed by atoms with Crippen molar-refractivity contribution in [3.05, 3.63) is 56.8 Å². The summed E-state index contributed by atoms with van der Waals surface area (Å²) in [7, 11) is 0. The Morgan fingerprint density at radius 2 is 2.04 bits per heavy atom. The van der Waals surface area contributed by atoms with Crippen LogP contribution in [0, 0.1) is 0 Å². The van der Waals surface area contributed by atoms with Crippen molar-refractivity contribution in [3.63, 3.8) is 0 Å². The van der Waals surface area contributed by atoms with Gasteiger partial charge in [0, 0.05) is 29.4 Å². The molecule has 0 spiro atoms. The molecule has 0 atom stereocenters. The topological polar surface area (TPSA) is 29.5 Å². The van der Waals surface area contributed by atoms with Crippen LogP contribution in [0.25, 0.3) is 0 Å². The standard InChI is InChI=1S/C19H23NO2S/c1-3-16-18(19(21)22-4-2)15-10-11-20(13-17(15)23-16)12-14-8-6-5-7-9-14/h5-9H,3-4,10-13H2,1-2H3. The molecule has 122 valence electrons. The van der Waals surface area contributed by atoms with Crippen molar-refractivity contribution < 1.29 is 9.53 Å². The number of fused-ring (bicyclic) bond motifs is 1. The van der Waals surface area contributed by atoms with Gasteiger partial charge in [0.1, 0.15) is 0 Å². The van der Waals surface area contributed by atoms with E-state index < -0.39 is 0 Å². The second kappa shape index (κ2) is 7.28. The van der Waals surface area contributed by atoms with Crippen LogP contribution in [0.1, 0.15) is 45.1 Å². The minimum absolute atomic E-state index is 0.140. The first-order valence-corrected chi connectivity index (χ1v) is 9.11. The van der Waals surface area contributed by atoms with Crippen LogP contribution in [0.5, 0.6) is 0 Å². The minimum atomic E-state index is -0.140. The number of benzene rings is 1. The van der Waals surface area contributed by atoms with Crippen LogP contribution >= 0.6 is 11.3 Å². The van der Waals surface area contributed by atoms with Gasteiger partial charge in [-0.1, -0.05) is 37.3 Å². The van der Waals surface area contributed by atoms with Crippen LogP contribution in [-0.2, 0) is 30.7 Å². The number of hydrogen-bond acceptors (Lipinski definition) is 4. The summed E-state index contributed by atoms with van der Waals surface area (Å²) in [6, 6.07) is 10.6. The van der Waals surface area contributed by atoms with E-state index >= 15 is 0 Å². The SMILES string of the molecule is CCOC(=O)c1c(CC)sc2c1CCN(Cc1ccccc1)C2. The van der Waals surface area contributed by atoms with E-state index in [0.29, 0.717) is 6.61 Å². The van der Waals surface area contributed by atoms with E-state index in [4.69, 9.17) is 4.74 Å². The summed E-state index contributed by atoms with van der Waals surface area (Å²) in [6.07, 6.45) is 1.83. The summed E-state index contributed by atoms with van der Waals surface area (Å²) >= 11 is 1.79. The van der Waals surface area contributed by atoms with Crippen molar-refractivity contribution in [1.29, 1.82) is 0 Å². The van der Waals surface area contributed by atoms with Gasteiger partial charge in [-0.05, 0) is 30.9 Å². The fraction of sp³-hybridized carbons (Fsp3) is 0.421. The summed E-state index contributed by atoms with van der Waals surface area (Å²) in [4.78, 5) is 17.3. The van der Waals surface area contributed by atoms with Gasteiger partial charge in [-0.15, -0.1) is 11.3 Å². The highest BCUT2D eigenvalue weighted by Crippen LogP contribution is 2.34. The monoisotopic (exact) mass is 329 g/mol. The average Bonchev–Trinajstić information content (AvgIpc) is 2.94. The molecular weight excluding hydrogens is 306 g/mol. The van der Waals surface area contributed by atoms with Gasteiger partial charge in [0.2, 0.25) is 0 Å². The normalized spacial score (nSPS) is 14.5. The van der Waals surface area contributed by atoms with Gasteiger partial charge in [-0.25, -0.2) is 4.79 Å². The van der Waals surface area contributed by atoms with Crippen molar-refractivity contribution in [2.75, 3.05) is 13.2 Å². The summed E-state index contributed by atoms with van der Waals surface area (Å²) in [6.45, 7) is 7.31. The number of esters is 1. The predicted molar refractivity (Wildman–Crippen MR) is 93.9 cm³/mol. The molecule has 0 bridgehead atoms. The number of rotatable bonds is 5. The van der Waals surface area contributed by atoms with Gasteiger partial charge < -0.3 is 4.74 Å². The summed E-state index contributed by atoms with van der Waals surface area (Å²) < 4.78 is 5.27. The smallest absolute Gasteiger partial charge is 0.339 e. The summed E-state index contributed by atoms with van der Waals surface area (Å²) in [5.41, 5.74) is 3.43. The van der Waals surface area contributed by atoms with E-state index in [0.717, 1.165) is 38.0 Å². The van der Waals surface area contributed by atoms with Crippen LogP contribution in [0.2, 0.25) is 0 Å². The maximum atomic E-state index is 12.3. The van der Waals surface area contributed by atoms with Gasteiger partial charge in [0.15, 0.2) is 0 Å². The van der Waals surface area contributed by atoms with Crippen molar-refractivity contribution in [2.24, 2.45) is 0 Å². The Morgan fingerprint density at radius 1 is 1.26 bits per heavy atom. The fourth-order valence-corrected chi connectivity index (χ4v) is 4.50. The Hall–Kier alpha value is -1.65. The number of thiophene rings is 1. The Kier molecular flexibility index (Phi) is 5.13. The Labute approximate surface area is 141 Å². The van der Waals surface area contributed by atoms with Crippen molar-refractivity contribution in [2.45, 2.75) is 39.8 Å². The molecule has 2 aromatic rings. The zero-order valence-corrected chi connectivity index (χ0v) is 14.6. The van der Waals surface area contributed by atoms with E-state index in [1.165, 1.54) is 20.9 Å². The lowest BCUT2D eigenvalue weighted by molar-refractivity contribution is 0.0523. The molecular formula is C19H23NO2S. The molecule has 3 nitrogen and oxygen atoms in total. The molecule has 0 amide bonds. The predicted octanol–water partition coefficient (Wildman–Crippen LogP) is 4.05. The average molecular weight is 329 g/mol. The zero-order chi connectivity index (χ0) is 16.2. The second-order valence-corrected chi connectivity index (χ2v) is 7.01. The molecule has 1 aliphatic heterocycles. The highest BCUT2D eigenvalue weighted by atomic mass is 32.1. The van der Waals surface area contributed by atoms with Crippen LogP contribution in [0.15, 0.2) is 30.3 Å². The molecule has 2 heterocycles. The zero-order valence-electron chi connectivity index (χ0n) is 13.8. The number of hydrogen-bond donors (Lipinski definition) is 0. The van der Waals surface area contributed by atoms with Crippen LogP contribution in [0.3, 0.4) is 0 Å². The Bertz CT molecular complexity index is 678. The van der Waals surface area contributed by atoms with Crippen molar-refractivity contribution in [1.82, 2.24) is 4.90 Å². The van der Waals surface area contributed by atoms with Gasteiger partial charge in [0.05, 0.1) is 12.2 Å². The first-order chi connectivity index (χ1) is 11.2. The molecule has 0 radical (unpaired) electrons. The fourth-order valence-electron chi connectivity index (χ4n) is 3.18. The highest BCUT2D eigenvalue weighted by Gasteiger charge is 2.27. The van der Waals surface area contributed by atoms with Gasteiger partial charge in [-0.2, -0.15) is 0 Å². The molecule has 3 rings (SSSR count). The molecule has 0 aliphatic carbocycles. The third kappa shape index (κ3) is 3.48. The summed E-state index contributed by atoms with van der Waals surface area (Å²) in [5, 5.41) is 0. The van der Waals surface area contributed by atoms with Gasteiger partial charge in [0.25, 0.3) is 0 Å². The van der Waals surface area contributed by atoms with Crippen LogP contribution in [0.4, 0.5) is 0 Å². The van der Waals surface area contributed by atoms with Crippen molar-refractivity contribution >= 4 is 17.3 Å². The molecule has 0 fully saturated rings. The maximum absolute atomic E-state index is 12.3. The molecule has 0 unspecified atom stereocenters. The number of carbonyl (C=O) groups excluding carboxylic acids is 1. The number of ether oxygens (including phenoxy) is 1. The lowest BCUT2D eigenvalue weighted by Gasteiger charge is -2.27. The van der Waals surface area contributed by atoms with Gasteiger partial charge in [-0.3, -0.25) is 4.90 Å². The number of nitrogens with zero attached hydrogens (tertiary/aromatic N) is 1. The molecule has 4 heteroatoms. The third-order valence-electron chi connectivity index (χ3n) is 4.26. The lowest BCUT2D eigenvalue weighted by Crippen LogP contribution is -2.29. The third-order valence-corrected chi connectivity index (χ3v) is 5.62. The van der Waals surface area contributed by atoms with Crippen molar-refractivity contribution in [3.8, 4) is 0 Å². The van der Waals surface area contributed by atoms with Crippen LogP contribution in [-0.4, -0.2) is 24.0 Å².